The Labute approximate surface area is 105 Å². The van der Waals surface area contributed by atoms with E-state index in [2.05, 4.69) is 50.5 Å². The van der Waals surface area contributed by atoms with Crippen LogP contribution in [0.2, 0.25) is 0 Å². The normalized spacial score (nSPS) is 30.3. The molecule has 0 amide bonds. The zero-order valence-corrected chi connectivity index (χ0v) is 11.2. The summed E-state index contributed by atoms with van der Waals surface area (Å²) in [7, 11) is 2.06. The summed E-state index contributed by atoms with van der Waals surface area (Å²) < 4.78 is 0. The van der Waals surface area contributed by atoms with Crippen LogP contribution in [0.25, 0.3) is 0 Å². The molecule has 1 aromatic carbocycles. The molecule has 0 aliphatic heterocycles. The highest BCUT2D eigenvalue weighted by molar-refractivity contribution is 5.36. The Kier molecular flexibility index (Phi) is 2.55. The summed E-state index contributed by atoms with van der Waals surface area (Å²) in [6.07, 6.45) is 2.80. The molecule has 0 saturated heterocycles. The van der Waals surface area contributed by atoms with Crippen molar-refractivity contribution in [2.24, 2.45) is 11.3 Å². The molecule has 1 aromatic rings. The Morgan fingerprint density at radius 1 is 1.12 bits per heavy atom. The van der Waals surface area contributed by atoms with E-state index in [0.717, 1.165) is 24.3 Å². The van der Waals surface area contributed by atoms with Crippen molar-refractivity contribution in [3.8, 4) is 0 Å². The third-order valence-electron chi connectivity index (χ3n) is 4.82. The van der Waals surface area contributed by atoms with Gasteiger partial charge < -0.3 is 5.32 Å². The predicted octanol–water partition coefficient (Wildman–Crippen LogP) is 3.52. The molecule has 0 aromatic heterocycles. The number of nitrogens with one attached hydrogen (secondary N) is 1. The zero-order valence-electron chi connectivity index (χ0n) is 11.2. The van der Waals surface area contributed by atoms with Crippen LogP contribution < -0.4 is 5.32 Å². The van der Waals surface area contributed by atoms with Crippen molar-refractivity contribution in [2.45, 2.75) is 38.5 Å². The zero-order chi connectivity index (χ0) is 12.0. The van der Waals surface area contributed by atoms with E-state index in [1.54, 1.807) is 11.1 Å². The Hall–Kier alpha value is -0.820. The van der Waals surface area contributed by atoms with Crippen LogP contribution in [0, 0.1) is 11.3 Å². The molecule has 2 aliphatic rings. The second kappa shape index (κ2) is 3.84. The molecule has 0 heterocycles. The van der Waals surface area contributed by atoms with Crippen molar-refractivity contribution < 1.29 is 0 Å². The van der Waals surface area contributed by atoms with Crippen molar-refractivity contribution in [3.63, 3.8) is 0 Å². The first kappa shape index (κ1) is 11.3. The first-order chi connectivity index (χ1) is 8.14. The summed E-state index contributed by atoms with van der Waals surface area (Å²) in [4.78, 5) is 0. The molecule has 1 nitrogen and oxygen atoms in total. The van der Waals surface area contributed by atoms with Gasteiger partial charge in [-0.25, -0.2) is 0 Å². The van der Waals surface area contributed by atoms with Crippen molar-refractivity contribution in [1.29, 1.82) is 0 Å². The first-order valence-electron chi connectivity index (χ1n) is 6.89. The van der Waals surface area contributed by atoms with Crippen molar-refractivity contribution in [1.82, 2.24) is 5.32 Å². The minimum Gasteiger partial charge on any atom is -0.319 e. The topological polar surface area (TPSA) is 12.0 Å². The van der Waals surface area contributed by atoms with Crippen LogP contribution in [-0.2, 0) is 0 Å². The summed E-state index contributed by atoms with van der Waals surface area (Å²) in [5.74, 6) is 2.44. The fourth-order valence-corrected chi connectivity index (χ4v) is 3.40. The van der Waals surface area contributed by atoms with Gasteiger partial charge in [-0.1, -0.05) is 38.1 Å². The van der Waals surface area contributed by atoms with Crippen molar-refractivity contribution in [3.05, 3.63) is 35.4 Å². The van der Waals surface area contributed by atoms with Gasteiger partial charge in [-0.15, -0.1) is 0 Å². The molecule has 2 fully saturated rings. The summed E-state index contributed by atoms with van der Waals surface area (Å²) >= 11 is 0. The van der Waals surface area contributed by atoms with Gasteiger partial charge in [-0.05, 0) is 60.7 Å². The monoisotopic (exact) mass is 229 g/mol. The third-order valence-corrected chi connectivity index (χ3v) is 4.82. The Morgan fingerprint density at radius 2 is 1.71 bits per heavy atom. The van der Waals surface area contributed by atoms with Gasteiger partial charge in [0.1, 0.15) is 0 Å². The Morgan fingerprint density at radius 3 is 2.24 bits per heavy atom. The number of hydrogen-bond acceptors (Lipinski definition) is 1. The van der Waals surface area contributed by atoms with E-state index in [1.165, 1.54) is 12.8 Å². The summed E-state index contributed by atoms with van der Waals surface area (Å²) in [6.45, 7) is 5.94. The number of benzene rings is 1. The smallest absolute Gasteiger partial charge is 0.00121 e. The fraction of sp³-hybridized carbons (Fsp3) is 0.625. The van der Waals surface area contributed by atoms with E-state index >= 15 is 0 Å². The van der Waals surface area contributed by atoms with Crippen LogP contribution in [0.15, 0.2) is 24.3 Å². The lowest BCUT2D eigenvalue weighted by Gasteiger charge is -2.04. The van der Waals surface area contributed by atoms with E-state index in [4.69, 9.17) is 0 Å². The predicted molar refractivity (Wildman–Crippen MR) is 72.4 cm³/mol. The van der Waals surface area contributed by atoms with E-state index < -0.39 is 0 Å². The highest BCUT2D eigenvalue weighted by Gasteiger charge is 2.57. The lowest BCUT2D eigenvalue weighted by molar-refractivity contribution is 0.536. The average molecular weight is 229 g/mol. The second-order valence-corrected chi connectivity index (χ2v) is 6.40. The molecule has 92 valence electrons. The van der Waals surface area contributed by atoms with Crippen LogP contribution in [0.1, 0.15) is 49.7 Å². The number of rotatable bonds is 4. The van der Waals surface area contributed by atoms with Gasteiger partial charge in [0.05, 0.1) is 0 Å². The van der Waals surface area contributed by atoms with E-state index in [1.807, 2.05) is 0 Å². The van der Waals surface area contributed by atoms with E-state index in [0.29, 0.717) is 5.41 Å². The molecular formula is C16H23N. The quantitative estimate of drug-likeness (QED) is 0.833. The minimum atomic E-state index is 0.476. The molecule has 2 aliphatic carbocycles. The lowest BCUT2D eigenvalue weighted by atomic mass is 10.0. The highest BCUT2D eigenvalue weighted by atomic mass is 14.9. The molecule has 3 rings (SSSR count). The van der Waals surface area contributed by atoms with Gasteiger partial charge in [-0.2, -0.15) is 0 Å². The van der Waals surface area contributed by atoms with E-state index in [-0.39, 0.29) is 0 Å². The Bertz CT molecular complexity index is 400. The van der Waals surface area contributed by atoms with Crippen LogP contribution in [0.4, 0.5) is 0 Å². The fourth-order valence-electron chi connectivity index (χ4n) is 3.40. The van der Waals surface area contributed by atoms with Crippen molar-refractivity contribution in [2.75, 3.05) is 13.6 Å². The average Bonchev–Trinajstić information content (AvgIpc) is 3.19. The number of hydrogen-bond donors (Lipinski definition) is 1. The summed E-state index contributed by atoms with van der Waals surface area (Å²) in [5.41, 5.74) is 3.57. The van der Waals surface area contributed by atoms with E-state index in [9.17, 15) is 0 Å². The molecule has 0 radical (unpaired) electrons. The van der Waals surface area contributed by atoms with Crippen LogP contribution in [-0.4, -0.2) is 13.6 Å². The maximum atomic E-state index is 3.32. The highest BCUT2D eigenvalue weighted by Crippen LogP contribution is 2.64. The largest absolute Gasteiger partial charge is 0.319 e. The minimum absolute atomic E-state index is 0.476. The molecule has 1 N–H and O–H groups in total. The molecule has 1 heteroatoms. The molecule has 0 bridgehead atoms. The molecule has 2 unspecified atom stereocenters. The summed E-state index contributed by atoms with van der Waals surface area (Å²) in [5, 5.41) is 3.32. The molecule has 17 heavy (non-hydrogen) atoms. The Balaban J connectivity index is 1.76. The van der Waals surface area contributed by atoms with Gasteiger partial charge >= 0.3 is 0 Å². The van der Waals surface area contributed by atoms with Crippen LogP contribution >= 0.6 is 0 Å². The first-order valence-corrected chi connectivity index (χ1v) is 6.89. The van der Waals surface area contributed by atoms with Gasteiger partial charge in [0, 0.05) is 0 Å². The maximum absolute atomic E-state index is 3.32. The molecule has 2 atom stereocenters. The second-order valence-electron chi connectivity index (χ2n) is 6.40. The van der Waals surface area contributed by atoms with Crippen molar-refractivity contribution >= 4 is 0 Å². The van der Waals surface area contributed by atoms with Gasteiger partial charge in [0.15, 0.2) is 0 Å². The van der Waals surface area contributed by atoms with Gasteiger partial charge in [0.25, 0.3) is 0 Å². The SMILES string of the molecule is CNCC1C(c2ccc(C3CC3)cc2)C1(C)C. The third kappa shape index (κ3) is 1.91. The molecular weight excluding hydrogens is 206 g/mol. The molecule has 0 spiro atoms. The maximum Gasteiger partial charge on any atom is -0.00121 e. The summed E-state index contributed by atoms with van der Waals surface area (Å²) in [6, 6.07) is 9.46. The standard InChI is InChI=1S/C16H23N/c1-16(2)14(10-17-3)15(16)13-8-6-12(7-9-13)11-4-5-11/h6-9,11,14-15,17H,4-5,10H2,1-3H3. The van der Waals surface area contributed by atoms with Crippen LogP contribution in [0.5, 0.6) is 0 Å². The van der Waals surface area contributed by atoms with Gasteiger partial charge in [-0.3, -0.25) is 0 Å². The van der Waals surface area contributed by atoms with Crippen LogP contribution in [0.3, 0.4) is 0 Å². The molecule has 2 saturated carbocycles. The lowest BCUT2D eigenvalue weighted by Crippen LogP contribution is -2.12. The van der Waals surface area contributed by atoms with Gasteiger partial charge in [0.2, 0.25) is 0 Å².